The standard InChI is InChI=1S/C17H28N2O2/c1-4-8-18-12-16-17(19(2)9-10-21-16)15-7-5-6-14(11-15)13-20-3/h5-7,11,16-18H,4,8-10,12-13H2,1-3H3. The number of nitrogens with one attached hydrogen (secondary N) is 1. The molecular weight excluding hydrogens is 264 g/mol. The quantitative estimate of drug-likeness (QED) is 0.781. The third-order valence-electron chi connectivity index (χ3n) is 3.98. The van der Waals surface area contributed by atoms with Gasteiger partial charge in [0.2, 0.25) is 0 Å². The zero-order valence-corrected chi connectivity index (χ0v) is 13.5. The van der Waals surface area contributed by atoms with Gasteiger partial charge in [0.15, 0.2) is 0 Å². The summed E-state index contributed by atoms with van der Waals surface area (Å²) in [5.41, 5.74) is 2.53. The fourth-order valence-corrected chi connectivity index (χ4v) is 2.96. The smallest absolute Gasteiger partial charge is 0.0896 e. The molecule has 1 saturated heterocycles. The minimum Gasteiger partial charge on any atom is -0.380 e. The maximum atomic E-state index is 6.03. The van der Waals surface area contributed by atoms with E-state index in [2.05, 4.69) is 48.5 Å². The number of benzene rings is 1. The van der Waals surface area contributed by atoms with E-state index in [0.29, 0.717) is 12.6 Å². The van der Waals surface area contributed by atoms with Crippen molar-refractivity contribution in [1.29, 1.82) is 0 Å². The Hall–Kier alpha value is -0.940. The van der Waals surface area contributed by atoms with E-state index in [0.717, 1.165) is 32.7 Å². The zero-order valence-electron chi connectivity index (χ0n) is 13.5. The molecule has 2 unspecified atom stereocenters. The van der Waals surface area contributed by atoms with Gasteiger partial charge in [-0.15, -0.1) is 0 Å². The summed E-state index contributed by atoms with van der Waals surface area (Å²) >= 11 is 0. The van der Waals surface area contributed by atoms with E-state index < -0.39 is 0 Å². The van der Waals surface area contributed by atoms with Crippen molar-refractivity contribution in [2.45, 2.75) is 32.1 Å². The Balaban J connectivity index is 2.12. The van der Waals surface area contributed by atoms with E-state index >= 15 is 0 Å². The van der Waals surface area contributed by atoms with Gasteiger partial charge in [-0.1, -0.05) is 31.2 Å². The molecule has 1 aromatic carbocycles. The molecule has 0 bridgehead atoms. The van der Waals surface area contributed by atoms with Gasteiger partial charge in [0.1, 0.15) is 0 Å². The first kappa shape index (κ1) is 16.4. The van der Waals surface area contributed by atoms with Gasteiger partial charge in [-0.3, -0.25) is 4.90 Å². The molecule has 0 spiro atoms. The number of hydrogen-bond donors (Lipinski definition) is 1. The lowest BCUT2D eigenvalue weighted by atomic mass is 9.96. The minimum absolute atomic E-state index is 0.202. The third kappa shape index (κ3) is 4.51. The second-order valence-corrected chi connectivity index (χ2v) is 5.72. The lowest BCUT2D eigenvalue weighted by Gasteiger charge is -2.39. The average Bonchev–Trinajstić information content (AvgIpc) is 2.48. The monoisotopic (exact) mass is 292 g/mol. The van der Waals surface area contributed by atoms with Crippen LogP contribution in [-0.2, 0) is 16.1 Å². The zero-order chi connectivity index (χ0) is 15.1. The molecule has 1 N–H and O–H groups in total. The van der Waals surface area contributed by atoms with E-state index in [-0.39, 0.29) is 6.10 Å². The Labute approximate surface area is 128 Å². The molecule has 4 heteroatoms. The minimum atomic E-state index is 0.202. The molecule has 2 rings (SSSR count). The molecule has 0 saturated carbocycles. The van der Waals surface area contributed by atoms with Crippen LogP contribution in [0.15, 0.2) is 24.3 Å². The van der Waals surface area contributed by atoms with Crippen molar-refractivity contribution in [2.24, 2.45) is 0 Å². The largest absolute Gasteiger partial charge is 0.380 e. The fourth-order valence-electron chi connectivity index (χ4n) is 2.96. The van der Waals surface area contributed by atoms with Crippen LogP contribution in [0, 0.1) is 0 Å². The molecule has 2 atom stereocenters. The number of methoxy groups -OCH3 is 1. The first-order valence-electron chi connectivity index (χ1n) is 7.86. The first-order valence-corrected chi connectivity index (χ1v) is 7.86. The van der Waals surface area contributed by atoms with Gasteiger partial charge in [-0.05, 0) is 31.1 Å². The summed E-state index contributed by atoms with van der Waals surface area (Å²) in [6.07, 6.45) is 1.35. The van der Waals surface area contributed by atoms with Crippen molar-refractivity contribution in [1.82, 2.24) is 10.2 Å². The molecule has 1 fully saturated rings. The van der Waals surface area contributed by atoms with E-state index in [4.69, 9.17) is 9.47 Å². The third-order valence-corrected chi connectivity index (χ3v) is 3.98. The highest BCUT2D eigenvalue weighted by Gasteiger charge is 2.31. The van der Waals surface area contributed by atoms with Crippen molar-refractivity contribution in [3.05, 3.63) is 35.4 Å². The SMILES string of the molecule is CCCNCC1OCCN(C)C1c1cccc(COC)c1. The molecule has 0 aromatic heterocycles. The van der Waals surface area contributed by atoms with Crippen molar-refractivity contribution in [2.75, 3.05) is 40.4 Å². The van der Waals surface area contributed by atoms with Gasteiger partial charge in [-0.25, -0.2) is 0 Å². The molecule has 0 aliphatic carbocycles. The van der Waals surface area contributed by atoms with E-state index in [1.807, 2.05) is 0 Å². The van der Waals surface area contributed by atoms with Crippen LogP contribution in [0.25, 0.3) is 0 Å². The Morgan fingerprint density at radius 1 is 1.43 bits per heavy atom. The summed E-state index contributed by atoms with van der Waals surface area (Å²) in [5, 5.41) is 3.49. The predicted octanol–water partition coefficient (Wildman–Crippen LogP) is 2.20. The lowest BCUT2D eigenvalue weighted by molar-refractivity contribution is -0.0613. The second-order valence-electron chi connectivity index (χ2n) is 5.72. The van der Waals surface area contributed by atoms with Crippen molar-refractivity contribution < 1.29 is 9.47 Å². The maximum absolute atomic E-state index is 6.03. The second kappa shape index (κ2) is 8.49. The Bertz CT molecular complexity index is 425. The van der Waals surface area contributed by atoms with Crippen molar-refractivity contribution in [3.63, 3.8) is 0 Å². The molecule has 0 radical (unpaired) electrons. The number of nitrogens with zero attached hydrogens (tertiary/aromatic N) is 1. The number of likely N-dealkylation sites (N-methyl/N-ethyl adjacent to an activating group) is 1. The highest BCUT2D eigenvalue weighted by molar-refractivity contribution is 5.27. The summed E-state index contributed by atoms with van der Waals surface area (Å²) in [6, 6.07) is 8.97. The van der Waals surface area contributed by atoms with Crippen LogP contribution in [0.5, 0.6) is 0 Å². The Morgan fingerprint density at radius 3 is 3.05 bits per heavy atom. The molecule has 1 heterocycles. The lowest BCUT2D eigenvalue weighted by Crippen LogP contribution is -2.47. The topological polar surface area (TPSA) is 33.7 Å². The first-order chi connectivity index (χ1) is 10.3. The maximum Gasteiger partial charge on any atom is 0.0896 e. The number of rotatable bonds is 7. The molecular formula is C17H28N2O2. The molecule has 1 aromatic rings. The van der Waals surface area contributed by atoms with Gasteiger partial charge in [0.25, 0.3) is 0 Å². The number of hydrogen-bond acceptors (Lipinski definition) is 4. The molecule has 0 amide bonds. The van der Waals surface area contributed by atoms with Crippen molar-refractivity contribution >= 4 is 0 Å². The van der Waals surface area contributed by atoms with Gasteiger partial charge in [0, 0.05) is 20.2 Å². The van der Waals surface area contributed by atoms with Gasteiger partial charge in [0.05, 0.1) is 25.4 Å². The average molecular weight is 292 g/mol. The molecule has 1 aliphatic heterocycles. The van der Waals surface area contributed by atoms with Gasteiger partial charge in [-0.2, -0.15) is 0 Å². The summed E-state index contributed by atoms with van der Waals surface area (Å²) in [5.74, 6) is 0. The van der Waals surface area contributed by atoms with Crippen LogP contribution in [-0.4, -0.2) is 51.4 Å². The van der Waals surface area contributed by atoms with Crippen LogP contribution < -0.4 is 5.32 Å². The summed E-state index contributed by atoms with van der Waals surface area (Å²) in [4.78, 5) is 2.40. The highest BCUT2D eigenvalue weighted by Crippen LogP contribution is 2.28. The fraction of sp³-hybridized carbons (Fsp3) is 0.647. The Kier molecular flexibility index (Phi) is 6.64. The molecule has 1 aliphatic rings. The van der Waals surface area contributed by atoms with Crippen LogP contribution >= 0.6 is 0 Å². The normalized spacial score (nSPS) is 23.4. The van der Waals surface area contributed by atoms with Crippen LogP contribution in [0.4, 0.5) is 0 Å². The van der Waals surface area contributed by atoms with Crippen LogP contribution in [0.2, 0.25) is 0 Å². The summed E-state index contributed by atoms with van der Waals surface area (Å²) in [7, 11) is 3.92. The van der Waals surface area contributed by atoms with Crippen molar-refractivity contribution in [3.8, 4) is 0 Å². The predicted molar refractivity (Wildman–Crippen MR) is 85.4 cm³/mol. The highest BCUT2D eigenvalue weighted by atomic mass is 16.5. The Morgan fingerprint density at radius 2 is 2.29 bits per heavy atom. The number of ether oxygens (including phenoxy) is 2. The molecule has 21 heavy (non-hydrogen) atoms. The van der Waals surface area contributed by atoms with Crippen LogP contribution in [0.3, 0.4) is 0 Å². The van der Waals surface area contributed by atoms with E-state index in [1.165, 1.54) is 11.1 Å². The summed E-state index contributed by atoms with van der Waals surface area (Å²) < 4.78 is 11.3. The molecule has 118 valence electrons. The number of morpholine rings is 1. The van der Waals surface area contributed by atoms with Gasteiger partial charge < -0.3 is 14.8 Å². The summed E-state index contributed by atoms with van der Waals surface area (Å²) in [6.45, 7) is 6.57. The van der Waals surface area contributed by atoms with Gasteiger partial charge >= 0.3 is 0 Å². The molecule has 4 nitrogen and oxygen atoms in total. The van der Waals surface area contributed by atoms with E-state index in [9.17, 15) is 0 Å². The van der Waals surface area contributed by atoms with E-state index in [1.54, 1.807) is 7.11 Å². The van der Waals surface area contributed by atoms with Crippen LogP contribution in [0.1, 0.15) is 30.5 Å².